The number of alkyl halides is 3. The van der Waals surface area contributed by atoms with Crippen LogP contribution >= 0.6 is 0 Å². The monoisotopic (exact) mass is 354 g/mol. The van der Waals surface area contributed by atoms with E-state index in [9.17, 15) is 18.0 Å². The number of piperidine rings is 1. The van der Waals surface area contributed by atoms with E-state index in [4.69, 9.17) is 0 Å². The predicted octanol–water partition coefficient (Wildman–Crippen LogP) is 3.50. The smallest absolute Gasteiger partial charge is 0.342 e. The predicted molar refractivity (Wildman–Crippen MR) is 86.0 cm³/mol. The van der Waals surface area contributed by atoms with Gasteiger partial charge in [0.15, 0.2) is 5.65 Å². The summed E-state index contributed by atoms with van der Waals surface area (Å²) in [4.78, 5) is 14.2. The van der Waals surface area contributed by atoms with Gasteiger partial charge in [-0.05, 0) is 31.4 Å². The Balaban J connectivity index is 1.89. The standard InChI is InChI=1S/C17H21F3N4O/c1-3-11(2)16(25)23-8-4-5-12(9-23)15-22-21-14-7-6-13(10-24(14)15)17(18,19)20/h6-7,10-12H,3-5,8-9H2,1-2H3/t11-,12-/m0/s1. The van der Waals surface area contributed by atoms with Gasteiger partial charge < -0.3 is 4.90 Å². The first-order valence-electron chi connectivity index (χ1n) is 8.52. The number of halogens is 3. The van der Waals surface area contributed by atoms with Gasteiger partial charge >= 0.3 is 6.18 Å². The summed E-state index contributed by atoms with van der Waals surface area (Å²) in [7, 11) is 0. The van der Waals surface area contributed by atoms with E-state index in [0.717, 1.165) is 31.5 Å². The molecule has 1 aliphatic rings. The Hall–Kier alpha value is -2.12. The maximum Gasteiger partial charge on any atom is 0.417 e. The molecule has 1 saturated heterocycles. The van der Waals surface area contributed by atoms with Crippen molar-refractivity contribution in [1.29, 1.82) is 0 Å². The summed E-state index contributed by atoms with van der Waals surface area (Å²) in [6, 6.07) is 2.33. The van der Waals surface area contributed by atoms with Gasteiger partial charge in [0, 0.05) is 31.1 Å². The van der Waals surface area contributed by atoms with Crippen LogP contribution in [0.15, 0.2) is 18.3 Å². The summed E-state index contributed by atoms with van der Waals surface area (Å²) in [5.74, 6) is 0.422. The molecular formula is C17H21F3N4O. The Morgan fingerprint density at radius 1 is 1.36 bits per heavy atom. The minimum atomic E-state index is -4.42. The molecule has 2 aromatic heterocycles. The number of rotatable bonds is 3. The molecule has 1 fully saturated rings. The molecule has 0 spiro atoms. The number of fused-ring (bicyclic) bond motifs is 1. The van der Waals surface area contributed by atoms with E-state index in [2.05, 4.69) is 10.2 Å². The summed E-state index contributed by atoms with van der Waals surface area (Å²) in [6.45, 7) is 5.02. The van der Waals surface area contributed by atoms with Gasteiger partial charge in [0.1, 0.15) is 5.82 Å². The summed E-state index contributed by atoms with van der Waals surface area (Å²) in [6.07, 6.45) is -1.02. The molecule has 0 N–H and O–H groups in total. The summed E-state index contributed by atoms with van der Waals surface area (Å²) in [5.41, 5.74) is -0.349. The van der Waals surface area contributed by atoms with E-state index < -0.39 is 11.7 Å². The molecule has 3 rings (SSSR count). The quantitative estimate of drug-likeness (QED) is 0.848. The van der Waals surface area contributed by atoms with Crippen molar-refractivity contribution in [3.05, 3.63) is 29.7 Å². The molecule has 5 nitrogen and oxygen atoms in total. The van der Waals surface area contributed by atoms with Crippen molar-refractivity contribution in [2.75, 3.05) is 13.1 Å². The van der Waals surface area contributed by atoms with Gasteiger partial charge in [-0.3, -0.25) is 9.20 Å². The Labute approximate surface area is 143 Å². The third kappa shape index (κ3) is 3.48. The molecule has 1 amide bonds. The van der Waals surface area contributed by atoms with Gasteiger partial charge in [0.05, 0.1) is 5.56 Å². The van der Waals surface area contributed by atoms with Gasteiger partial charge in [-0.2, -0.15) is 13.2 Å². The zero-order valence-electron chi connectivity index (χ0n) is 14.3. The fourth-order valence-corrected chi connectivity index (χ4v) is 3.23. The lowest BCUT2D eigenvalue weighted by Gasteiger charge is -2.33. The first-order chi connectivity index (χ1) is 11.8. The lowest BCUT2D eigenvalue weighted by molar-refractivity contribution is -0.138. The van der Waals surface area contributed by atoms with E-state index >= 15 is 0 Å². The van der Waals surface area contributed by atoms with Crippen molar-refractivity contribution in [2.45, 2.75) is 45.2 Å². The van der Waals surface area contributed by atoms with E-state index in [0.29, 0.717) is 24.6 Å². The molecule has 3 heterocycles. The fraction of sp³-hybridized carbons (Fsp3) is 0.588. The van der Waals surface area contributed by atoms with E-state index in [-0.39, 0.29) is 17.7 Å². The molecule has 0 aliphatic carbocycles. The second-order valence-corrected chi connectivity index (χ2v) is 6.63. The largest absolute Gasteiger partial charge is 0.417 e. The van der Waals surface area contributed by atoms with Crippen LogP contribution in [0, 0.1) is 5.92 Å². The molecule has 2 aromatic rings. The number of carbonyl (C=O) groups is 1. The Kier molecular flexibility index (Phi) is 4.71. The van der Waals surface area contributed by atoms with Crippen LogP contribution in [0.3, 0.4) is 0 Å². The second-order valence-electron chi connectivity index (χ2n) is 6.63. The number of nitrogens with zero attached hydrogens (tertiary/aromatic N) is 4. The molecule has 25 heavy (non-hydrogen) atoms. The number of aromatic nitrogens is 3. The van der Waals surface area contributed by atoms with Crippen LogP contribution in [0.2, 0.25) is 0 Å². The fourth-order valence-electron chi connectivity index (χ4n) is 3.23. The van der Waals surface area contributed by atoms with Crippen molar-refractivity contribution in [3.63, 3.8) is 0 Å². The zero-order valence-corrected chi connectivity index (χ0v) is 14.3. The lowest BCUT2D eigenvalue weighted by Crippen LogP contribution is -2.42. The van der Waals surface area contributed by atoms with Crippen LogP contribution in [-0.2, 0) is 11.0 Å². The first kappa shape index (κ1) is 17.7. The molecule has 1 aliphatic heterocycles. The minimum absolute atomic E-state index is 0.0503. The van der Waals surface area contributed by atoms with Gasteiger partial charge in [0.2, 0.25) is 5.91 Å². The van der Waals surface area contributed by atoms with Crippen LogP contribution in [0.4, 0.5) is 13.2 Å². The van der Waals surface area contributed by atoms with Crippen LogP contribution in [-0.4, -0.2) is 38.5 Å². The minimum Gasteiger partial charge on any atom is -0.342 e. The number of likely N-dealkylation sites (tertiary alicyclic amines) is 1. The Bertz CT molecular complexity index is 771. The number of hydrogen-bond donors (Lipinski definition) is 0. The van der Waals surface area contributed by atoms with Gasteiger partial charge in [0.25, 0.3) is 0 Å². The topological polar surface area (TPSA) is 50.5 Å². The van der Waals surface area contributed by atoms with Gasteiger partial charge in [-0.25, -0.2) is 0 Å². The summed E-state index contributed by atoms with van der Waals surface area (Å²) in [5, 5.41) is 8.09. The highest BCUT2D eigenvalue weighted by Gasteiger charge is 2.33. The highest BCUT2D eigenvalue weighted by molar-refractivity contribution is 5.78. The number of carbonyl (C=O) groups excluding carboxylic acids is 1. The number of pyridine rings is 1. The molecule has 0 aromatic carbocycles. The Morgan fingerprint density at radius 2 is 2.12 bits per heavy atom. The summed E-state index contributed by atoms with van der Waals surface area (Å²) < 4.78 is 40.4. The van der Waals surface area contributed by atoms with E-state index in [1.807, 2.05) is 13.8 Å². The zero-order chi connectivity index (χ0) is 18.2. The van der Waals surface area contributed by atoms with Crippen molar-refractivity contribution in [2.24, 2.45) is 5.92 Å². The second kappa shape index (κ2) is 6.65. The maximum absolute atomic E-state index is 13.0. The average molecular weight is 354 g/mol. The molecule has 0 saturated carbocycles. The van der Waals surface area contributed by atoms with E-state index in [1.165, 1.54) is 10.5 Å². The van der Waals surface area contributed by atoms with Crippen LogP contribution in [0.25, 0.3) is 5.65 Å². The molecule has 8 heteroatoms. The highest BCUT2D eigenvalue weighted by Crippen LogP contribution is 2.31. The number of amides is 1. The molecular weight excluding hydrogens is 333 g/mol. The first-order valence-corrected chi connectivity index (χ1v) is 8.52. The molecule has 0 bridgehead atoms. The van der Waals surface area contributed by atoms with Crippen LogP contribution in [0.1, 0.15) is 50.4 Å². The van der Waals surface area contributed by atoms with E-state index in [1.54, 1.807) is 4.90 Å². The highest BCUT2D eigenvalue weighted by atomic mass is 19.4. The third-order valence-electron chi connectivity index (χ3n) is 4.89. The maximum atomic E-state index is 13.0. The average Bonchev–Trinajstić information content (AvgIpc) is 3.03. The van der Waals surface area contributed by atoms with Gasteiger partial charge in [-0.1, -0.05) is 13.8 Å². The van der Waals surface area contributed by atoms with Crippen molar-refractivity contribution < 1.29 is 18.0 Å². The molecule has 136 valence electrons. The Morgan fingerprint density at radius 3 is 2.80 bits per heavy atom. The van der Waals surface area contributed by atoms with Gasteiger partial charge in [-0.15, -0.1) is 10.2 Å². The van der Waals surface area contributed by atoms with Crippen molar-refractivity contribution in [3.8, 4) is 0 Å². The molecule has 2 atom stereocenters. The van der Waals surface area contributed by atoms with Crippen LogP contribution in [0.5, 0.6) is 0 Å². The summed E-state index contributed by atoms with van der Waals surface area (Å²) >= 11 is 0. The third-order valence-corrected chi connectivity index (χ3v) is 4.89. The SMILES string of the molecule is CC[C@H](C)C(=O)N1CCC[C@H](c2nnc3ccc(C(F)(F)F)cn23)C1. The molecule has 0 unspecified atom stereocenters. The normalized spacial score (nSPS) is 20.0. The number of hydrogen-bond acceptors (Lipinski definition) is 3. The van der Waals surface area contributed by atoms with Crippen LogP contribution < -0.4 is 0 Å². The van der Waals surface area contributed by atoms with Crippen molar-refractivity contribution in [1.82, 2.24) is 19.5 Å². The molecule has 0 radical (unpaired) electrons. The van der Waals surface area contributed by atoms with Crippen molar-refractivity contribution >= 4 is 11.6 Å². The lowest BCUT2D eigenvalue weighted by atomic mass is 9.95.